The normalized spacial score (nSPS) is 40.7. The van der Waals surface area contributed by atoms with Crippen LogP contribution in [0.15, 0.2) is 0 Å². The van der Waals surface area contributed by atoms with E-state index in [1.54, 1.807) is 0 Å². The first-order valence-electron chi connectivity index (χ1n) is 7.28. The van der Waals surface area contributed by atoms with Crippen LogP contribution in [0.3, 0.4) is 0 Å². The van der Waals surface area contributed by atoms with Gasteiger partial charge < -0.3 is 5.32 Å². The molecule has 3 rings (SSSR count). The summed E-state index contributed by atoms with van der Waals surface area (Å²) < 4.78 is 0. The van der Waals surface area contributed by atoms with Gasteiger partial charge in [-0.25, -0.2) is 0 Å². The van der Waals surface area contributed by atoms with Crippen LogP contribution in [-0.2, 0) is 0 Å². The SMILES string of the molecule is CC1CCC(CNC2CCN(C3CC3)C2)C1. The van der Waals surface area contributed by atoms with Gasteiger partial charge in [-0.1, -0.05) is 13.3 Å². The summed E-state index contributed by atoms with van der Waals surface area (Å²) in [7, 11) is 0. The highest BCUT2D eigenvalue weighted by Gasteiger charge is 2.34. The smallest absolute Gasteiger partial charge is 0.0207 e. The number of rotatable bonds is 4. The molecule has 0 aromatic rings. The van der Waals surface area contributed by atoms with E-state index in [2.05, 4.69) is 17.1 Å². The van der Waals surface area contributed by atoms with Crippen molar-refractivity contribution in [2.75, 3.05) is 19.6 Å². The Morgan fingerprint density at radius 2 is 2.00 bits per heavy atom. The van der Waals surface area contributed by atoms with Crippen molar-refractivity contribution < 1.29 is 0 Å². The van der Waals surface area contributed by atoms with Gasteiger partial charge in [0.15, 0.2) is 0 Å². The molecule has 0 radical (unpaired) electrons. The lowest BCUT2D eigenvalue weighted by molar-refractivity contribution is 0.314. The zero-order chi connectivity index (χ0) is 11.0. The Hall–Kier alpha value is -0.0800. The van der Waals surface area contributed by atoms with E-state index in [4.69, 9.17) is 0 Å². The van der Waals surface area contributed by atoms with E-state index >= 15 is 0 Å². The van der Waals surface area contributed by atoms with Crippen LogP contribution < -0.4 is 5.32 Å². The van der Waals surface area contributed by atoms with Gasteiger partial charge in [0.1, 0.15) is 0 Å². The summed E-state index contributed by atoms with van der Waals surface area (Å²) in [5, 5.41) is 3.82. The van der Waals surface area contributed by atoms with Crippen molar-refractivity contribution in [1.29, 1.82) is 0 Å². The van der Waals surface area contributed by atoms with Crippen LogP contribution in [0.4, 0.5) is 0 Å². The highest BCUT2D eigenvalue weighted by Crippen LogP contribution is 2.31. The molecule has 3 unspecified atom stereocenters. The van der Waals surface area contributed by atoms with Crippen LogP contribution in [-0.4, -0.2) is 36.6 Å². The second-order valence-electron chi connectivity index (χ2n) is 6.40. The lowest BCUT2D eigenvalue weighted by atomic mass is 10.1. The van der Waals surface area contributed by atoms with Gasteiger partial charge in [-0.15, -0.1) is 0 Å². The summed E-state index contributed by atoms with van der Waals surface area (Å²) in [6.07, 6.45) is 8.71. The van der Waals surface area contributed by atoms with Crippen LogP contribution in [0.1, 0.15) is 45.4 Å². The second-order valence-corrected chi connectivity index (χ2v) is 6.40. The van der Waals surface area contributed by atoms with Crippen LogP contribution >= 0.6 is 0 Å². The standard InChI is InChI=1S/C14H26N2/c1-11-2-3-12(8-11)9-15-13-6-7-16(10-13)14-4-5-14/h11-15H,2-10H2,1H3. The van der Waals surface area contributed by atoms with Crippen molar-refractivity contribution in [2.45, 2.75) is 57.5 Å². The van der Waals surface area contributed by atoms with Gasteiger partial charge in [0, 0.05) is 25.2 Å². The molecule has 0 aromatic heterocycles. The first-order chi connectivity index (χ1) is 7.81. The number of nitrogens with zero attached hydrogens (tertiary/aromatic N) is 1. The average Bonchev–Trinajstić information content (AvgIpc) is 2.87. The fourth-order valence-electron chi connectivity index (χ4n) is 3.57. The van der Waals surface area contributed by atoms with Crippen molar-refractivity contribution in [2.24, 2.45) is 11.8 Å². The summed E-state index contributed by atoms with van der Waals surface area (Å²) in [5.41, 5.74) is 0. The molecule has 3 atom stereocenters. The van der Waals surface area contributed by atoms with Gasteiger partial charge in [0.25, 0.3) is 0 Å². The van der Waals surface area contributed by atoms with E-state index in [0.717, 1.165) is 23.9 Å². The van der Waals surface area contributed by atoms with E-state index in [1.807, 2.05) is 0 Å². The summed E-state index contributed by atoms with van der Waals surface area (Å²) in [6.45, 7) is 6.37. The maximum atomic E-state index is 3.82. The van der Waals surface area contributed by atoms with Gasteiger partial charge in [-0.05, 0) is 50.5 Å². The minimum atomic E-state index is 0.802. The zero-order valence-corrected chi connectivity index (χ0v) is 10.6. The van der Waals surface area contributed by atoms with Crippen LogP contribution in [0.25, 0.3) is 0 Å². The molecular formula is C14H26N2. The maximum absolute atomic E-state index is 3.82. The predicted octanol–water partition coefficient (Wildman–Crippen LogP) is 2.25. The molecule has 1 N–H and O–H groups in total. The van der Waals surface area contributed by atoms with E-state index in [0.29, 0.717) is 0 Å². The number of likely N-dealkylation sites (tertiary alicyclic amines) is 1. The molecule has 2 heteroatoms. The van der Waals surface area contributed by atoms with Gasteiger partial charge in [0.05, 0.1) is 0 Å². The van der Waals surface area contributed by atoms with Crippen LogP contribution in [0, 0.1) is 11.8 Å². The van der Waals surface area contributed by atoms with E-state index in [1.165, 1.54) is 58.2 Å². The van der Waals surface area contributed by atoms with Crippen molar-refractivity contribution >= 4 is 0 Å². The van der Waals surface area contributed by atoms with Gasteiger partial charge in [0.2, 0.25) is 0 Å². The Morgan fingerprint density at radius 1 is 1.12 bits per heavy atom. The molecule has 0 bridgehead atoms. The molecule has 2 aliphatic carbocycles. The molecule has 1 aliphatic heterocycles. The Kier molecular flexibility index (Phi) is 3.21. The molecule has 2 saturated carbocycles. The molecule has 1 saturated heterocycles. The third kappa shape index (κ3) is 2.60. The number of hydrogen-bond acceptors (Lipinski definition) is 2. The van der Waals surface area contributed by atoms with Crippen molar-refractivity contribution in [1.82, 2.24) is 10.2 Å². The van der Waals surface area contributed by atoms with Gasteiger partial charge >= 0.3 is 0 Å². The first-order valence-corrected chi connectivity index (χ1v) is 7.28. The molecule has 3 fully saturated rings. The molecule has 2 nitrogen and oxygen atoms in total. The van der Waals surface area contributed by atoms with E-state index < -0.39 is 0 Å². The first kappa shape index (κ1) is 11.0. The Morgan fingerprint density at radius 3 is 2.69 bits per heavy atom. The molecule has 16 heavy (non-hydrogen) atoms. The quantitative estimate of drug-likeness (QED) is 0.785. The third-order valence-electron chi connectivity index (χ3n) is 4.78. The minimum absolute atomic E-state index is 0.802. The molecular weight excluding hydrogens is 196 g/mol. The number of nitrogens with one attached hydrogen (secondary N) is 1. The summed E-state index contributed by atoms with van der Waals surface area (Å²) in [5.74, 6) is 1.96. The highest BCUT2D eigenvalue weighted by atomic mass is 15.2. The molecule has 3 aliphatic rings. The third-order valence-corrected chi connectivity index (χ3v) is 4.78. The zero-order valence-electron chi connectivity index (χ0n) is 10.6. The molecule has 0 aromatic carbocycles. The fraction of sp³-hybridized carbons (Fsp3) is 1.00. The Balaban J connectivity index is 1.36. The summed E-state index contributed by atoms with van der Waals surface area (Å²) >= 11 is 0. The molecule has 0 spiro atoms. The molecule has 1 heterocycles. The van der Waals surface area contributed by atoms with Crippen molar-refractivity contribution in [3.8, 4) is 0 Å². The highest BCUT2D eigenvalue weighted by molar-refractivity contribution is 4.92. The Labute approximate surface area is 99.8 Å². The van der Waals surface area contributed by atoms with Crippen LogP contribution in [0.5, 0.6) is 0 Å². The average molecular weight is 222 g/mol. The Bertz CT molecular complexity index is 237. The lowest BCUT2D eigenvalue weighted by Crippen LogP contribution is -2.35. The molecule has 92 valence electrons. The van der Waals surface area contributed by atoms with Crippen molar-refractivity contribution in [3.63, 3.8) is 0 Å². The summed E-state index contributed by atoms with van der Waals surface area (Å²) in [4.78, 5) is 2.70. The van der Waals surface area contributed by atoms with Gasteiger partial charge in [-0.3, -0.25) is 4.90 Å². The van der Waals surface area contributed by atoms with Gasteiger partial charge in [-0.2, -0.15) is 0 Å². The monoisotopic (exact) mass is 222 g/mol. The minimum Gasteiger partial charge on any atom is -0.312 e. The van der Waals surface area contributed by atoms with Crippen molar-refractivity contribution in [3.05, 3.63) is 0 Å². The number of hydrogen-bond donors (Lipinski definition) is 1. The topological polar surface area (TPSA) is 15.3 Å². The van der Waals surface area contributed by atoms with E-state index in [-0.39, 0.29) is 0 Å². The fourth-order valence-corrected chi connectivity index (χ4v) is 3.57. The predicted molar refractivity (Wildman–Crippen MR) is 67.5 cm³/mol. The van der Waals surface area contributed by atoms with E-state index in [9.17, 15) is 0 Å². The summed E-state index contributed by atoms with van der Waals surface area (Å²) in [6, 6.07) is 1.77. The second kappa shape index (κ2) is 4.66. The lowest BCUT2D eigenvalue weighted by Gasteiger charge is -2.18. The largest absolute Gasteiger partial charge is 0.312 e. The maximum Gasteiger partial charge on any atom is 0.0207 e. The van der Waals surface area contributed by atoms with Crippen LogP contribution in [0.2, 0.25) is 0 Å². The molecule has 0 amide bonds.